The number of nitrogens with one attached hydrogen (secondary N) is 1. The minimum absolute atomic E-state index is 0.0558. The molecule has 0 amide bonds. The quantitative estimate of drug-likeness (QED) is 0.692. The Morgan fingerprint density at radius 1 is 1.17 bits per heavy atom. The molecule has 24 heavy (non-hydrogen) atoms. The van der Waals surface area contributed by atoms with E-state index in [9.17, 15) is 4.39 Å². The van der Waals surface area contributed by atoms with Crippen molar-refractivity contribution in [3.63, 3.8) is 0 Å². The van der Waals surface area contributed by atoms with E-state index in [0.29, 0.717) is 6.61 Å². The molecule has 0 aliphatic carbocycles. The SMILES string of the molecule is Fc1ccc2[nH]cc(CC[CH]CC3COc4ccccc4O3)c2c1. The summed E-state index contributed by atoms with van der Waals surface area (Å²) in [6, 6.07) is 12.6. The van der Waals surface area contributed by atoms with Gasteiger partial charge in [0.05, 0.1) is 0 Å². The molecule has 123 valence electrons. The highest BCUT2D eigenvalue weighted by atomic mass is 19.1. The number of aromatic amines is 1. The van der Waals surface area contributed by atoms with Gasteiger partial charge in [-0.1, -0.05) is 12.1 Å². The van der Waals surface area contributed by atoms with Gasteiger partial charge < -0.3 is 14.5 Å². The first kappa shape index (κ1) is 15.1. The third kappa shape index (κ3) is 3.09. The molecule has 0 saturated heterocycles. The fraction of sp³-hybridized carbons (Fsp3) is 0.250. The lowest BCUT2D eigenvalue weighted by atomic mass is 10.0. The van der Waals surface area contributed by atoms with Crippen molar-refractivity contribution < 1.29 is 13.9 Å². The summed E-state index contributed by atoms with van der Waals surface area (Å²) in [7, 11) is 0. The summed E-state index contributed by atoms with van der Waals surface area (Å²) in [5, 5.41) is 0.967. The van der Waals surface area contributed by atoms with Crippen molar-refractivity contribution in [2.75, 3.05) is 6.61 Å². The maximum atomic E-state index is 13.4. The van der Waals surface area contributed by atoms with E-state index in [1.807, 2.05) is 30.5 Å². The van der Waals surface area contributed by atoms with Crippen LogP contribution in [0.2, 0.25) is 0 Å². The van der Waals surface area contributed by atoms with Crippen molar-refractivity contribution in [2.45, 2.75) is 25.4 Å². The zero-order chi connectivity index (χ0) is 16.4. The number of hydrogen-bond donors (Lipinski definition) is 1. The highest BCUT2D eigenvalue weighted by Crippen LogP contribution is 2.32. The zero-order valence-corrected chi connectivity index (χ0v) is 13.3. The first-order valence-electron chi connectivity index (χ1n) is 8.25. The van der Waals surface area contributed by atoms with Crippen molar-refractivity contribution in [3.8, 4) is 11.5 Å². The van der Waals surface area contributed by atoms with Crippen LogP contribution in [0.1, 0.15) is 18.4 Å². The van der Waals surface area contributed by atoms with Crippen LogP contribution < -0.4 is 9.47 Å². The van der Waals surface area contributed by atoms with Gasteiger partial charge in [0.25, 0.3) is 0 Å². The largest absolute Gasteiger partial charge is 0.486 e. The molecule has 0 saturated carbocycles. The summed E-state index contributed by atoms with van der Waals surface area (Å²) in [4.78, 5) is 3.19. The second kappa shape index (κ2) is 6.56. The fourth-order valence-corrected chi connectivity index (χ4v) is 3.10. The molecule has 2 aromatic carbocycles. The molecule has 1 atom stereocenters. The predicted octanol–water partition coefficient (Wildman–Crippen LogP) is 4.67. The van der Waals surface area contributed by atoms with Crippen LogP contribution in [0.4, 0.5) is 4.39 Å². The molecular weight excluding hydrogens is 305 g/mol. The Morgan fingerprint density at radius 2 is 2.04 bits per heavy atom. The van der Waals surface area contributed by atoms with E-state index in [1.54, 1.807) is 12.1 Å². The molecule has 0 fully saturated rings. The van der Waals surface area contributed by atoms with Crippen molar-refractivity contribution in [2.24, 2.45) is 0 Å². The molecule has 0 spiro atoms. The van der Waals surface area contributed by atoms with Crippen LogP contribution in [0.15, 0.2) is 48.7 Å². The van der Waals surface area contributed by atoms with Crippen molar-refractivity contribution in [1.29, 1.82) is 0 Å². The number of hydrogen-bond acceptors (Lipinski definition) is 2. The number of fused-ring (bicyclic) bond motifs is 2. The van der Waals surface area contributed by atoms with Crippen molar-refractivity contribution in [3.05, 3.63) is 66.5 Å². The Hall–Kier alpha value is -2.49. The van der Waals surface area contributed by atoms with Crippen LogP contribution in [-0.2, 0) is 6.42 Å². The molecule has 1 N–H and O–H groups in total. The average Bonchev–Trinajstić information content (AvgIpc) is 3.01. The third-order valence-corrected chi connectivity index (χ3v) is 4.34. The first-order valence-corrected chi connectivity index (χ1v) is 8.25. The van der Waals surface area contributed by atoms with Crippen LogP contribution in [-0.4, -0.2) is 17.7 Å². The minimum Gasteiger partial charge on any atom is -0.486 e. The van der Waals surface area contributed by atoms with Crippen molar-refractivity contribution in [1.82, 2.24) is 4.98 Å². The number of benzene rings is 2. The number of aromatic nitrogens is 1. The van der Waals surface area contributed by atoms with Crippen molar-refractivity contribution >= 4 is 10.9 Å². The molecule has 1 unspecified atom stereocenters. The molecule has 1 radical (unpaired) electrons. The Bertz CT molecular complexity index is 843. The van der Waals surface area contributed by atoms with Gasteiger partial charge in [-0.3, -0.25) is 0 Å². The van der Waals surface area contributed by atoms with Gasteiger partial charge in [-0.2, -0.15) is 0 Å². The van der Waals surface area contributed by atoms with Crippen LogP contribution in [0, 0.1) is 12.2 Å². The van der Waals surface area contributed by atoms with E-state index < -0.39 is 0 Å². The van der Waals surface area contributed by atoms with Gasteiger partial charge in [0.15, 0.2) is 11.5 Å². The van der Waals surface area contributed by atoms with Crippen LogP contribution in [0.5, 0.6) is 11.5 Å². The second-order valence-electron chi connectivity index (χ2n) is 6.06. The summed E-state index contributed by atoms with van der Waals surface area (Å²) in [5.41, 5.74) is 2.12. The zero-order valence-electron chi connectivity index (χ0n) is 13.3. The standard InChI is InChI=1S/C20H19FNO2/c21-15-9-10-18-17(11-15)14(12-22-18)5-1-2-6-16-13-23-19-7-3-4-8-20(19)24-16/h2-4,7-12,16,22H,1,5-6,13H2. The Kier molecular flexibility index (Phi) is 4.11. The topological polar surface area (TPSA) is 34.2 Å². The number of halogens is 1. The summed E-state index contributed by atoms with van der Waals surface area (Å²) < 4.78 is 25.1. The number of unbranched alkanes of at least 4 members (excludes halogenated alkanes) is 1. The highest BCUT2D eigenvalue weighted by Gasteiger charge is 2.20. The average molecular weight is 324 g/mol. The monoisotopic (exact) mass is 324 g/mol. The van der Waals surface area contributed by atoms with E-state index in [1.165, 1.54) is 6.07 Å². The normalized spacial score (nSPS) is 16.5. The molecule has 2 heterocycles. The van der Waals surface area contributed by atoms with Crippen LogP contribution in [0.3, 0.4) is 0 Å². The summed E-state index contributed by atoms with van der Waals surface area (Å²) >= 11 is 0. The molecule has 3 aromatic rings. The molecule has 4 heteroatoms. The van der Waals surface area contributed by atoms with Crippen LogP contribution in [0.25, 0.3) is 10.9 Å². The van der Waals surface area contributed by atoms with E-state index in [4.69, 9.17) is 9.47 Å². The molecule has 0 bridgehead atoms. The van der Waals surface area contributed by atoms with Gasteiger partial charge in [0.1, 0.15) is 18.5 Å². The van der Waals surface area contributed by atoms with Gasteiger partial charge in [-0.25, -0.2) is 4.39 Å². The molecular formula is C20H19FNO2. The second-order valence-corrected chi connectivity index (χ2v) is 6.06. The van der Waals surface area contributed by atoms with Gasteiger partial charge in [-0.15, -0.1) is 0 Å². The molecule has 3 nitrogen and oxygen atoms in total. The Balaban J connectivity index is 1.30. The Morgan fingerprint density at radius 3 is 2.96 bits per heavy atom. The van der Waals surface area contributed by atoms with E-state index in [2.05, 4.69) is 11.4 Å². The van der Waals surface area contributed by atoms with E-state index >= 15 is 0 Å². The lowest BCUT2D eigenvalue weighted by molar-refractivity contribution is 0.0900. The minimum atomic E-state index is -0.196. The summed E-state index contributed by atoms with van der Waals surface area (Å²) in [6.45, 7) is 0.575. The lowest BCUT2D eigenvalue weighted by Crippen LogP contribution is -2.29. The van der Waals surface area contributed by atoms with Gasteiger partial charge in [0, 0.05) is 17.1 Å². The van der Waals surface area contributed by atoms with Gasteiger partial charge >= 0.3 is 0 Å². The first-order chi connectivity index (χ1) is 11.8. The van der Waals surface area contributed by atoms with Crippen LogP contribution >= 0.6 is 0 Å². The third-order valence-electron chi connectivity index (χ3n) is 4.34. The van der Waals surface area contributed by atoms with E-state index in [0.717, 1.165) is 47.2 Å². The summed E-state index contributed by atoms with van der Waals surface area (Å²) in [5.74, 6) is 1.43. The highest BCUT2D eigenvalue weighted by molar-refractivity contribution is 5.83. The van der Waals surface area contributed by atoms with Gasteiger partial charge in [0.2, 0.25) is 0 Å². The van der Waals surface area contributed by atoms with Gasteiger partial charge in [-0.05, 0) is 61.6 Å². The maximum Gasteiger partial charge on any atom is 0.161 e. The smallest absolute Gasteiger partial charge is 0.161 e. The Labute approximate surface area is 140 Å². The summed E-state index contributed by atoms with van der Waals surface area (Å²) in [6.07, 6.45) is 6.89. The number of rotatable bonds is 5. The fourth-order valence-electron chi connectivity index (χ4n) is 3.10. The van der Waals surface area contributed by atoms with E-state index in [-0.39, 0.29) is 11.9 Å². The number of ether oxygens (including phenoxy) is 2. The lowest BCUT2D eigenvalue weighted by Gasteiger charge is -2.26. The molecule has 1 aliphatic rings. The number of aryl methyl sites for hydroxylation is 1. The molecule has 4 rings (SSSR count). The molecule has 1 aromatic heterocycles. The predicted molar refractivity (Wildman–Crippen MR) is 91.8 cm³/mol. The number of para-hydroxylation sites is 2. The molecule has 1 aliphatic heterocycles. The number of H-pyrrole nitrogens is 1. The maximum absolute atomic E-state index is 13.4.